The van der Waals surface area contributed by atoms with Crippen LogP contribution in [0.5, 0.6) is 0 Å². The topological polar surface area (TPSA) is 74.6 Å². The van der Waals surface area contributed by atoms with Crippen molar-refractivity contribution < 1.29 is 31.8 Å². The molecule has 10 atom stereocenters. The normalized spacial score (nSPS) is 37.2. The fourth-order valence-electron chi connectivity index (χ4n) is 10.7. The molecule has 4 nitrogen and oxygen atoms in total. The molecule has 0 radical (unpaired) electrons. The summed E-state index contributed by atoms with van der Waals surface area (Å²) >= 11 is 0. The van der Waals surface area contributed by atoms with Gasteiger partial charge in [-0.15, -0.1) is 0 Å². The summed E-state index contributed by atoms with van der Waals surface area (Å²) in [6, 6.07) is 14.7. The summed E-state index contributed by atoms with van der Waals surface area (Å²) in [7, 11) is -4.26. The van der Waals surface area contributed by atoms with Crippen molar-refractivity contribution in [1.82, 2.24) is 0 Å². The minimum Gasteiger partial charge on any atom is -0.390 e. The highest BCUT2D eigenvalue weighted by atomic mass is 32.2. The number of benzene rings is 2. The minimum absolute atomic E-state index is 0.0149. The maximum Gasteiger partial charge on any atom is 0.421 e. The lowest BCUT2D eigenvalue weighted by Crippen LogP contribution is -2.53. The van der Waals surface area contributed by atoms with E-state index >= 15 is 0 Å². The van der Waals surface area contributed by atoms with E-state index in [0.29, 0.717) is 24.2 Å². The van der Waals surface area contributed by atoms with Gasteiger partial charge in [-0.25, -0.2) is 8.42 Å². The Labute approximate surface area is 272 Å². The first-order chi connectivity index (χ1) is 21.4. The van der Waals surface area contributed by atoms with Crippen molar-refractivity contribution in [3.8, 4) is 0 Å². The molecule has 4 aliphatic carbocycles. The number of hydrogen-bond acceptors (Lipinski definition) is 4. The number of allylic oxidation sites excluding steroid dienone is 1. The van der Waals surface area contributed by atoms with Gasteiger partial charge < -0.3 is 10.2 Å². The largest absolute Gasteiger partial charge is 0.421 e. The Balaban J connectivity index is 1.36. The number of fused-ring (bicyclic) bond motifs is 5. The zero-order valence-corrected chi connectivity index (χ0v) is 28.2. The highest BCUT2D eigenvalue weighted by Crippen LogP contribution is 2.68. The molecule has 2 aromatic carbocycles. The Morgan fingerprint density at radius 1 is 0.891 bits per heavy atom. The molecule has 252 valence electrons. The molecule has 0 aromatic heterocycles. The Hall–Kier alpha value is -2.16. The summed E-state index contributed by atoms with van der Waals surface area (Å²) in [5, 5.41) is 20.9. The van der Waals surface area contributed by atoms with Crippen LogP contribution in [-0.2, 0) is 15.4 Å². The molecule has 0 spiro atoms. The van der Waals surface area contributed by atoms with Gasteiger partial charge in [0.15, 0.2) is 15.4 Å². The Morgan fingerprint density at radius 2 is 1.52 bits per heavy atom. The summed E-state index contributed by atoms with van der Waals surface area (Å²) < 4.78 is 73.4. The minimum atomic E-state index is -5.08. The predicted octanol–water partition coefficient (Wildman–Crippen LogP) is 8.64. The van der Waals surface area contributed by atoms with Crippen LogP contribution in [0.15, 0.2) is 77.2 Å². The fourth-order valence-corrected chi connectivity index (χ4v) is 12.8. The van der Waals surface area contributed by atoms with E-state index in [4.69, 9.17) is 0 Å². The SMILES string of the molecule is C[C@H](C(CC(O)(c1ccccc1)C(F)(F)F)S(=O)(=O)c1ccccc1)[C@H]1CC[C@H]2[C@@H]3CC=C4C[C@@](C)(O)CC[C@]4(C)[C@H]3CC[C@]12C. The molecule has 0 aliphatic heterocycles. The van der Waals surface area contributed by atoms with E-state index in [0.717, 1.165) is 44.9 Å². The quantitative estimate of drug-likeness (QED) is 0.292. The van der Waals surface area contributed by atoms with Gasteiger partial charge in [-0.2, -0.15) is 13.2 Å². The summed E-state index contributed by atoms with van der Waals surface area (Å²) in [5.41, 5.74) is -3.16. The predicted molar refractivity (Wildman–Crippen MR) is 173 cm³/mol. The molecule has 2 aromatic rings. The first-order valence-corrected chi connectivity index (χ1v) is 18.5. The number of halogens is 3. The van der Waals surface area contributed by atoms with Gasteiger partial charge in [-0.3, -0.25) is 0 Å². The Kier molecular flexibility index (Phi) is 8.41. The molecule has 6 rings (SSSR count). The van der Waals surface area contributed by atoms with Crippen molar-refractivity contribution in [3.05, 3.63) is 77.9 Å². The molecule has 0 heterocycles. The standard InChI is InChI=1S/C38H49F3O4S/c1-25(30-17-18-31-29-16-15-27-23-34(2,42)21-22-35(27,3)32(29)19-20-36(30,31)4)33(46(44,45)28-13-9-6-10-14-28)24-37(43,38(39,40)41)26-11-7-5-8-12-26/h5-15,25,29-33,42-43H,16-24H2,1-4H3/t25-,29-,30+,31-,32-,33?,34-,35-,36+,37?/m0/s1. The summed E-state index contributed by atoms with van der Waals surface area (Å²) in [6.45, 7) is 8.37. The van der Waals surface area contributed by atoms with Crippen molar-refractivity contribution >= 4 is 9.84 Å². The van der Waals surface area contributed by atoms with Gasteiger partial charge in [-0.1, -0.05) is 81.0 Å². The van der Waals surface area contributed by atoms with Crippen LogP contribution in [0, 0.1) is 40.4 Å². The third-order valence-corrected chi connectivity index (χ3v) is 15.7. The lowest BCUT2D eigenvalue weighted by Gasteiger charge is -2.59. The molecule has 3 saturated carbocycles. The van der Waals surface area contributed by atoms with Gasteiger partial charge in [-0.05, 0) is 116 Å². The van der Waals surface area contributed by atoms with Crippen molar-refractivity contribution in [2.24, 2.45) is 40.4 Å². The van der Waals surface area contributed by atoms with E-state index in [9.17, 15) is 31.8 Å². The number of sulfone groups is 1. The maximum absolute atomic E-state index is 14.9. The van der Waals surface area contributed by atoms with Crippen LogP contribution < -0.4 is 0 Å². The highest BCUT2D eigenvalue weighted by molar-refractivity contribution is 7.92. The molecule has 4 aliphatic rings. The van der Waals surface area contributed by atoms with Crippen LogP contribution in [0.25, 0.3) is 0 Å². The van der Waals surface area contributed by atoms with Crippen LogP contribution >= 0.6 is 0 Å². The molecule has 0 saturated heterocycles. The second kappa shape index (κ2) is 11.5. The van der Waals surface area contributed by atoms with Gasteiger partial charge in [0.25, 0.3) is 0 Å². The number of alkyl halides is 3. The smallest absolute Gasteiger partial charge is 0.390 e. The summed E-state index contributed by atoms with van der Waals surface area (Å²) in [5.74, 6) is 0.512. The van der Waals surface area contributed by atoms with Crippen LogP contribution in [0.1, 0.15) is 91.0 Å². The number of hydrogen-bond donors (Lipinski definition) is 2. The summed E-state index contributed by atoms with van der Waals surface area (Å²) in [4.78, 5) is -0.0149. The second-order valence-corrected chi connectivity index (χ2v) is 18.0. The fraction of sp³-hybridized carbons (Fsp3) is 0.632. The van der Waals surface area contributed by atoms with Gasteiger partial charge in [0.05, 0.1) is 15.7 Å². The molecule has 2 N–H and O–H groups in total. The first-order valence-electron chi connectivity index (χ1n) is 17.0. The maximum atomic E-state index is 14.9. The number of rotatable bonds is 7. The number of aliphatic hydroxyl groups is 2. The molecule has 2 unspecified atom stereocenters. The second-order valence-electron chi connectivity index (χ2n) is 15.8. The molecular weight excluding hydrogens is 609 g/mol. The van der Waals surface area contributed by atoms with Crippen molar-refractivity contribution in [2.45, 2.75) is 113 Å². The third kappa shape index (κ3) is 5.38. The van der Waals surface area contributed by atoms with E-state index in [-0.39, 0.29) is 27.2 Å². The van der Waals surface area contributed by atoms with E-state index in [2.05, 4.69) is 19.9 Å². The van der Waals surface area contributed by atoms with E-state index in [1.54, 1.807) is 24.3 Å². The molecule has 0 amide bonds. The lowest BCUT2D eigenvalue weighted by atomic mass is 9.46. The van der Waals surface area contributed by atoms with E-state index < -0.39 is 44.8 Å². The zero-order valence-electron chi connectivity index (χ0n) is 27.4. The third-order valence-electron chi connectivity index (χ3n) is 13.4. The summed E-state index contributed by atoms with van der Waals surface area (Å²) in [6.07, 6.45) is 3.24. The first kappa shape index (κ1) is 33.7. The van der Waals surface area contributed by atoms with E-state index in [1.807, 2.05) is 13.8 Å². The van der Waals surface area contributed by atoms with Crippen molar-refractivity contribution in [1.29, 1.82) is 0 Å². The van der Waals surface area contributed by atoms with Crippen molar-refractivity contribution in [2.75, 3.05) is 0 Å². The van der Waals surface area contributed by atoms with Gasteiger partial charge in [0.1, 0.15) is 0 Å². The molecule has 8 heteroatoms. The van der Waals surface area contributed by atoms with Crippen LogP contribution in [-0.4, -0.2) is 35.7 Å². The van der Waals surface area contributed by atoms with Gasteiger partial charge >= 0.3 is 6.18 Å². The van der Waals surface area contributed by atoms with Crippen LogP contribution in [0.2, 0.25) is 0 Å². The van der Waals surface area contributed by atoms with Crippen LogP contribution in [0.3, 0.4) is 0 Å². The molecule has 46 heavy (non-hydrogen) atoms. The lowest BCUT2D eigenvalue weighted by molar-refractivity contribution is -0.270. The monoisotopic (exact) mass is 658 g/mol. The van der Waals surface area contributed by atoms with Crippen molar-refractivity contribution in [3.63, 3.8) is 0 Å². The average Bonchev–Trinajstić information content (AvgIpc) is 3.37. The van der Waals surface area contributed by atoms with E-state index in [1.165, 1.54) is 42.0 Å². The highest BCUT2D eigenvalue weighted by Gasteiger charge is 2.63. The van der Waals surface area contributed by atoms with Crippen LogP contribution in [0.4, 0.5) is 13.2 Å². The average molecular weight is 659 g/mol. The Morgan fingerprint density at radius 3 is 2.15 bits per heavy atom. The van der Waals surface area contributed by atoms with Gasteiger partial charge in [0.2, 0.25) is 0 Å². The molecule has 3 fully saturated rings. The molecular formula is C38H49F3O4S. The zero-order chi connectivity index (χ0) is 33.3. The Bertz CT molecular complexity index is 1560. The van der Waals surface area contributed by atoms with Gasteiger partial charge in [0, 0.05) is 6.42 Å². The molecule has 0 bridgehead atoms.